The molecule has 0 unspecified atom stereocenters. The predicted molar refractivity (Wildman–Crippen MR) is 124 cm³/mol. The number of aromatic nitrogens is 2. The van der Waals surface area contributed by atoms with E-state index in [1.165, 1.54) is 28.3 Å². The number of carbonyl (C=O) groups is 1. The average Bonchev–Trinajstić information content (AvgIpc) is 3.34. The van der Waals surface area contributed by atoms with Crippen LogP contribution in [-0.2, 0) is 24.3 Å². The fraction of sp³-hybridized carbons (Fsp3) is 0.333. The lowest BCUT2D eigenvalue weighted by molar-refractivity contribution is -0.127. The van der Waals surface area contributed by atoms with Gasteiger partial charge in [-0.15, -0.1) is 11.3 Å². The number of carbonyl (C=O) groups excluding carboxylic acids is 1. The van der Waals surface area contributed by atoms with Gasteiger partial charge in [-0.25, -0.2) is 0 Å². The first-order valence-corrected chi connectivity index (χ1v) is 11.6. The highest BCUT2D eigenvalue weighted by molar-refractivity contribution is 7.16. The van der Waals surface area contributed by atoms with Gasteiger partial charge in [0.25, 0.3) is 0 Å². The van der Waals surface area contributed by atoms with E-state index in [9.17, 15) is 4.79 Å². The molecule has 0 saturated carbocycles. The van der Waals surface area contributed by atoms with Crippen LogP contribution in [0.1, 0.15) is 47.9 Å². The van der Waals surface area contributed by atoms with E-state index in [-0.39, 0.29) is 11.8 Å². The second-order valence-corrected chi connectivity index (χ2v) is 9.37. The summed E-state index contributed by atoms with van der Waals surface area (Å²) >= 11 is 7.95. The number of amides is 1. The third-order valence-electron chi connectivity index (χ3n) is 5.66. The first kappa shape index (κ1) is 20.9. The third-order valence-corrected chi connectivity index (χ3v) is 6.93. The number of fused-ring (bicyclic) bond motifs is 1. The van der Waals surface area contributed by atoms with Crippen molar-refractivity contribution in [3.05, 3.63) is 75.2 Å². The van der Waals surface area contributed by atoms with Crippen molar-refractivity contribution in [1.29, 1.82) is 0 Å². The highest BCUT2D eigenvalue weighted by Gasteiger charge is 2.32. The quantitative estimate of drug-likeness (QED) is 0.448. The molecular weight excluding hydrogens is 414 g/mol. The summed E-state index contributed by atoms with van der Waals surface area (Å²) in [5.41, 5.74) is 5.90. The van der Waals surface area contributed by atoms with Gasteiger partial charge in [-0.3, -0.25) is 9.48 Å². The topological polar surface area (TPSA) is 38.1 Å². The van der Waals surface area contributed by atoms with Crippen molar-refractivity contribution in [2.24, 2.45) is 0 Å². The van der Waals surface area contributed by atoms with Gasteiger partial charge in [-0.05, 0) is 41.7 Å². The van der Waals surface area contributed by atoms with E-state index >= 15 is 0 Å². The van der Waals surface area contributed by atoms with Crippen molar-refractivity contribution in [1.82, 2.24) is 14.7 Å². The van der Waals surface area contributed by atoms with Gasteiger partial charge in [-0.2, -0.15) is 5.10 Å². The second-order valence-electron chi connectivity index (χ2n) is 7.60. The summed E-state index contributed by atoms with van der Waals surface area (Å²) < 4.78 is 2.81. The first-order valence-electron chi connectivity index (χ1n) is 10.4. The van der Waals surface area contributed by atoms with Crippen molar-refractivity contribution in [3.63, 3.8) is 0 Å². The Morgan fingerprint density at radius 2 is 2.10 bits per heavy atom. The van der Waals surface area contributed by atoms with Crippen molar-refractivity contribution in [3.8, 4) is 11.1 Å². The Hall–Kier alpha value is -2.37. The highest BCUT2D eigenvalue weighted by atomic mass is 35.5. The number of thiophene rings is 1. The van der Waals surface area contributed by atoms with Gasteiger partial charge in [0.05, 0.1) is 16.6 Å². The molecule has 1 atom stereocenters. The van der Waals surface area contributed by atoms with Gasteiger partial charge in [0.15, 0.2) is 0 Å². The summed E-state index contributed by atoms with van der Waals surface area (Å²) in [6, 6.07) is 10.6. The monoisotopic (exact) mass is 439 g/mol. The summed E-state index contributed by atoms with van der Waals surface area (Å²) in [4.78, 5) is 15.5. The SMILES string of the molecule is C=CC(=O)N1Cc2sc(Cl)cc2[C@@H](c2ccccc2-c2cn(CCC)nc2CC)C1. The lowest BCUT2D eigenvalue weighted by Crippen LogP contribution is -2.37. The summed E-state index contributed by atoms with van der Waals surface area (Å²) in [5, 5.41) is 4.81. The molecule has 0 fully saturated rings. The molecule has 156 valence electrons. The van der Waals surface area contributed by atoms with Crippen LogP contribution in [0.4, 0.5) is 0 Å². The lowest BCUT2D eigenvalue weighted by atomic mass is 9.84. The summed E-state index contributed by atoms with van der Waals surface area (Å²) in [6.07, 6.45) is 5.48. The van der Waals surface area contributed by atoms with Gasteiger partial charge >= 0.3 is 0 Å². The van der Waals surface area contributed by atoms with E-state index in [1.54, 1.807) is 11.3 Å². The molecule has 3 heterocycles. The molecule has 2 aromatic heterocycles. The number of aryl methyl sites for hydroxylation is 2. The summed E-state index contributed by atoms with van der Waals surface area (Å²) in [5.74, 6) is 0.0227. The zero-order valence-electron chi connectivity index (χ0n) is 17.4. The van der Waals surface area contributed by atoms with Crippen LogP contribution in [0.3, 0.4) is 0 Å². The van der Waals surface area contributed by atoms with Gasteiger partial charge in [0.2, 0.25) is 5.91 Å². The molecule has 1 amide bonds. The largest absolute Gasteiger partial charge is 0.333 e. The van der Waals surface area contributed by atoms with E-state index in [1.807, 2.05) is 9.58 Å². The molecule has 3 aromatic rings. The predicted octanol–water partition coefficient (Wildman–Crippen LogP) is 5.90. The molecule has 0 spiro atoms. The van der Waals surface area contributed by atoms with Crippen LogP contribution in [0.5, 0.6) is 0 Å². The molecule has 4 nitrogen and oxygen atoms in total. The third kappa shape index (κ3) is 3.84. The van der Waals surface area contributed by atoms with Crippen LogP contribution in [-0.4, -0.2) is 27.1 Å². The van der Waals surface area contributed by atoms with Crippen molar-refractivity contribution >= 4 is 28.8 Å². The standard InChI is InChI=1S/C24H26ClN3OS/c1-4-11-28-14-20(21(5-2)26-28)17-10-8-7-9-16(17)19-13-27(24(29)6-3)15-22-18(19)12-23(25)30-22/h6-10,12,14,19H,3-5,11,13,15H2,1-2H3/t19-/m1/s1. The van der Waals surface area contributed by atoms with E-state index in [0.717, 1.165) is 34.3 Å². The Morgan fingerprint density at radius 3 is 2.83 bits per heavy atom. The maximum absolute atomic E-state index is 12.5. The van der Waals surface area contributed by atoms with Gasteiger partial charge in [-0.1, -0.05) is 56.3 Å². The Balaban J connectivity index is 1.84. The van der Waals surface area contributed by atoms with Gasteiger partial charge < -0.3 is 4.90 Å². The molecule has 0 aliphatic carbocycles. The average molecular weight is 440 g/mol. The fourth-order valence-electron chi connectivity index (χ4n) is 4.28. The van der Waals surface area contributed by atoms with Crippen LogP contribution in [0, 0.1) is 0 Å². The van der Waals surface area contributed by atoms with E-state index in [2.05, 4.69) is 57.0 Å². The molecule has 0 radical (unpaired) electrons. The van der Waals surface area contributed by atoms with Crippen LogP contribution >= 0.6 is 22.9 Å². The number of hydrogen-bond donors (Lipinski definition) is 0. The summed E-state index contributed by atoms with van der Waals surface area (Å²) in [6.45, 7) is 10.1. The highest BCUT2D eigenvalue weighted by Crippen LogP contribution is 2.43. The molecule has 30 heavy (non-hydrogen) atoms. The minimum absolute atomic E-state index is 0.0438. The minimum atomic E-state index is -0.0438. The molecule has 0 saturated heterocycles. The van der Waals surface area contributed by atoms with Gasteiger partial charge in [0, 0.05) is 35.6 Å². The normalized spacial score (nSPS) is 15.8. The zero-order chi connectivity index (χ0) is 21.3. The lowest BCUT2D eigenvalue weighted by Gasteiger charge is -2.33. The molecule has 1 aliphatic heterocycles. The molecule has 1 aromatic carbocycles. The van der Waals surface area contributed by atoms with E-state index in [4.69, 9.17) is 16.7 Å². The van der Waals surface area contributed by atoms with Crippen LogP contribution in [0.25, 0.3) is 11.1 Å². The Labute approximate surface area is 186 Å². The fourth-order valence-corrected chi connectivity index (χ4v) is 5.64. The number of hydrogen-bond acceptors (Lipinski definition) is 3. The Bertz CT molecular complexity index is 1080. The molecule has 0 N–H and O–H groups in total. The molecular formula is C24H26ClN3OS. The van der Waals surface area contributed by atoms with Crippen LogP contribution < -0.4 is 0 Å². The molecule has 0 bridgehead atoms. The zero-order valence-corrected chi connectivity index (χ0v) is 19.0. The minimum Gasteiger partial charge on any atom is -0.333 e. The summed E-state index contributed by atoms with van der Waals surface area (Å²) in [7, 11) is 0. The number of nitrogens with zero attached hydrogens (tertiary/aromatic N) is 3. The first-order chi connectivity index (χ1) is 14.5. The molecule has 4 rings (SSSR count). The maximum atomic E-state index is 12.5. The number of halogens is 1. The van der Waals surface area contributed by atoms with E-state index in [0.29, 0.717) is 13.1 Å². The van der Waals surface area contributed by atoms with E-state index < -0.39 is 0 Å². The molecule has 1 aliphatic rings. The maximum Gasteiger partial charge on any atom is 0.246 e. The smallest absolute Gasteiger partial charge is 0.246 e. The second kappa shape index (κ2) is 8.78. The van der Waals surface area contributed by atoms with Crippen molar-refractivity contribution in [2.45, 2.75) is 45.7 Å². The van der Waals surface area contributed by atoms with Crippen molar-refractivity contribution < 1.29 is 4.79 Å². The Kier molecular flexibility index (Phi) is 6.11. The number of benzene rings is 1. The Morgan fingerprint density at radius 1 is 1.30 bits per heavy atom. The van der Waals surface area contributed by atoms with Gasteiger partial charge in [0.1, 0.15) is 0 Å². The van der Waals surface area contributed by atoms with Crippen LogP contribution in [0.15, 0.2) is 49.2 Å². The van der Waals surface area contributed by atoms with Crippen molar-refractivity contribution in [2.75, 3.05) is 6.54 Å². The molecule has 6 heteroatoms. The number of rotatable bonds is 6. The van der Waals surface area contributed by atoms with Crippen LogP contribution in [0.2, 0.25) is 4.34 Å².